The van der Waals surface area contributed by atoms with Gasteiger partial charge in [-0.15, -0.1) is 0 Å². The second-order valence-corrected chi connectivity index (χ2v) is 6.84. The summed E-state index contributed by atoms with van der Waals surface area (Å²) in [6, 6.07) is 8.61. The Balaban J connectivity index is 2.65. The summed E-state index contributed by atoms with van der Waals surface area (Å²) in [6.45, 7) is 13.8. The molecule has 0 saturated carbocycles. The van der Waals surface area contributed by atoms with Gasteiger partial charge < -0.3 is 0 Å². The summed E-state index contributed by atoms with van der Waals surface area (Å²) in [5.41, 5.74) is -6.30. The van der Waals surface area contributed by atoms with Crippen molar-refractivity contribution in [1.82, 2.24) is 0 Å². The number of hydrogen-bond donors (Lipinski definition) is 0. The quantitative estimate of drug-likeness (QED) is 0.292. The molecule has 5 nitrogen and oxygen atoms in total. The minimum atomic E-state index is -2.06. The van der Waals surface area contributed by atoms with E-state index in [9.17, 15) is 31.6 Å². The highest BCUT2D eigenvalue weighted by molar-refractivity contribution is 5.83. The van der Waals surface area contributed by atoms with Crippen molar-refractivity contribution in [2.24, 2.45) is 0 Å². The van der Waals surface area contributed by atoms with Crippen molar-refractivity contribution >= 4 is 17.0 Å². The summed E-state index contributed by atoms with van der Waals surface area (Å²) in [7, 11) is 0. The lowest BCUT2D eigenvalue weighted by atomic mass is 9.94. The Morgan fingerprint density at radius 2 is 1.36 bits per heavy atom. The highest BCUT2D eigenvalue weighted by Gasteiger charge is 2.28. The largest absolute Gasteiger partial charge is 0.268 e. The van der Waals surface area contributed by atoms with Crippen molar-refractivity contribution in [2.45, 2.75) is 0 Å². The maximum absolute atomic E-state index is 14.8. The molecular weight excluding hydrogens is 484 g/mol. The normalized spacial score (nSPS) is 11.8. The molecule has 0 fully saturated rings. The van der Waals surface area contributed by atoms with Gasteiger partial charge in [0, 0.05) is 5.22 Å². The maximum atomic E-state index is 14.8. The molecule has 0 saturated heterocycles. The third-order valence-electron chi connectivity index (χ3n) is 4.96. The van der Waals surface area contributed by atoms with E-state index in [1.54, 1.807) is 6.07 Å². The summed E-state index contributed by atoms with van der Waals surface area (Å²) < 4.78 is 86.8. The van der Waals surface area contributed by atoms with E-state index >= 15 is 0 Å². The van der Waals surface area contributed by atoms with Gasteiger partial charge in [0.2, 0.25) is 0 Å². The van der Waals surface area contributed by atoms with Crippen LogP contribution in [0.15, 0.2) is 30.3 Å². The van der Waals surface area contributed by atoms with E-state index < -0.39 is 73.8 Å². The Bertz CT molecular complexity index is 1740. The summed E-state index contributed by atoms with van der Waals surface area (Å²) in [5, 5.41) is 27.2. The van der Waals surface area contributed by atoms with E-state index in [-0.39, 0.29) is 10.8 Å². The van der Waals surface area contributed by atoms with Crippen LogP contribution in [0.25, 0.3) is 32.1 Å². The van der Waals surface area contributed by atoms with Gasteiger partial charge in [0.25, 0.3) is 11.4 Å². The number of benzene rings is 3. The molecular formula is C25H5F6N5. The van der Waals surface area contributed by atoms with Crippen LogP contribution in [-0.2, 0) is 0 Å². The van der Waals surface area contributed by atoms with Crippen molar-refractivity contribution in [3.8, 4) is 29.3 Å². The zero-order chi connectivity index (χ0) is 26.7. The van der Waals surface area contributed by atoms with Crippen molar-refractivity contribution in [3.05, 3.63) is 110 Å². The molecule has 0 bridgehead atoms. The predicted molar refractivity (Wildman–Crippen MR) is 112 cm³/mol. The van der Waals surface area contributed by atoms with Crippen molar-refractivity contribution in [2.75, 3.05) is 0 Å². The van der Waals surface area contributed by atoms with Crippen molar-refractivity contribution < 1.29 is 26.3 Å². The molecule has 0 aliphatic carbocycles. The van der Waals surface area contributed by atoms with Gasteiger partial charge in [0.1, 0.15) is 29.3 Å². The van der Waals surface area contributed by atoms with Gasteiger partial charge in [-0.1, -0.05) is 18.2 Å². The average molecular weight is 489 g/mol. The van der Waals surface area contributed by atoms with E-state index in [0.717, 1.165) is 18.2 Å². The number of rotatable bonds is 2. The molecule has 0 atom stereocenters. The lowest BCUT2D eigenvalue weighted by Gasteiger charge is -2.11. The SMILES string of the molecule is [C-]#[N+]/C(C#N)=c1\cc/c(=C(/C#N)c2c(F)c(F)c([N+]#[C-])c(F)c2F)c(-c2cc(F)c(C#N)c(F)c2)c1. The molecule has 0 unspecified atom stereocenters. The molecule has 0 N–H and O–H groups in total. The molecule has 0 spiro atoms. The van der Waals surface area contributed by atoms with Gasteiger partial charge in [-0.25, -0.2) is 41.3 Å². The molecule has 11 heteroatoms. The highest BCUT2D eigenvalue weighted by Crippen LogP contribution is 2.33. The molecule has 0 heterocycles. The van der Waals surface area contributed by atoms with Crippen molar-refractivity contribution in [1.29, 1.82) is 15.8 Å². The van der Waals surface area contributed by atoms with Gasteiger partial charge in [0.15, 0.2) is 23.3 Å². The van der Waals surface area contributed by atoms with E-state index in [4.69, 9.17) is 23.7 Å². The van der Waals surface area contributed by atoms with E-state index in [2.05, 4.69) is 9.69 Å². The van der Waals surface area contributed by atoms with Crippen LogP contribution in [-0.4, -0.2) is 0 Å². The van der Waals surface area contributed by atoms with Crippen LogP contribution in [0.4, 0.5) is 32.0 Å². The molecule has 0 amide bonds. The molecule has 0 radical (unpaired) electrons. The second kappa shape index (κ2) is 9.74. The Morgan fingerprint density at radius 3 is 1.81 bits per heavy atom. The number of hydrogen-bond acceptors (Lipinski definition) is 3. The molecule has 3 rings (SSSR count). The van der Waals surface area contributed by atoms with E-state index in [1.807, 2.05) is 0 Å². The molecule has 172 valence electrons. The lowest BCUT2D eigenvalue weighted by Crippen LogP contribution is -2.18. The highest BCUT2D eigenvalue weighted by atomic mass is 19.2. The summed E-state index contributed by atoms with van der Waals surface area (Å²) in [6.07, 6.45) is 0. The van der Waals surface area contributed by atoms with Crippen LogP contribution in [0.5, 0.6) is 0 Å². The topological polar surface area (TPSA) is 80.1 Å². The molecule has 36 heavy (non-hydrogen) atoms. The fourth-order valence-corrected chi connectivity index (χ4v) is 3.33. The van der Waals surface area contributed by atoms with Crippen LogP contribution < -0.4 is 10.4 Å². The lowest BCUT2D eigenvalue weighted by molar-refractivity contribution is 0.457. The summed E-state index contributed by atoms with van der Waals surface area (Å²) >= 11 is 0. The summed E-state index contributed by atoms with van der Waals surface area (Å²) in [5.74, 6) is -10.9. The first-order valence-electron chi connectivity index (χ1n) is 9.34. The van der Waals surface area contributed by atoms with Gasteiger partial charge in [-0.3, -0.25) is 0 Å². The maximum Gasteiger partial charge on any atom is 0.268 e. The average Bonchev–Trinajstić information content (AvgIpc) is 2.86. The van der Waals surface area contributed by atoms with Gasteiger partial charge in [-0.2, -0.15) is 10.5 Å². The number of nitriles is 3. The number of nitrogens with zero attached hydrogens (tertiary/aromatic N) is 5. The third-order valence-corrected chi connectivity index (χ3v) is 4.96. The van der Waals surface area contributed by atoms with Crippen LogP contribution >= 0.6 is 0 Å². The predicted octanol–water partition coefficient (Wildman–Crippen LogP) is 4.88. The van der Waals surface area contributed by atoms with Crippen LogP contribution in [0.1, 0.15) is 11.1 Å². The minimum Gasteiger partial charge on any atom is -0.232 e. The second-order valence-electron chi connectivity index (χ2n) is 6.84. The molecule has 0 aliphatic rings. The van der Waals surface area contributed by atoms with Crippen LogP contribution in [0, 0.1) is 82.0 Å². The van der Waals surface area contributed by atoms with Gasteiger partial charge in [0.05, 0.1) is 30.4 Å². The summed E-state index contributed by atoms with van der Waals surface area (Å²) in [4.78, 5) is 5.39. The fourth-order valence-electron chi connectivity index (χ4n) is 3.33. The molecule has 0 aliphatic heterocycles. The minimum absolute atomic E-state index is 0.115. The molecule has 3 aromatic carbocycles. The fraction of sp³-hybridized carbons (Fsp3) is 0. The van der Waals surface area contributed by atoms with E-state index in [1.165, 1.54) is 12.1 Å². The molecule has 3 aromatic rings. The zero-order valence-corrected chi connectivity index (χ0v) is 17.4. The Kier molecular flexibility index (Phi) is 6.78. The molecule has 0 aromatic heterocycles. The zero-order valence-electron chi connectivity index (χ0n) is 17.4. The smallest absolute Gasteiger partial charge is 0.232 e. The Morgan fingerprint density at radius 1 is 0.778 bits per heavy atom. The van der Waals surface area contributed by atoms with Crippen molar-refractivity contribution in [3.63, 3.8) is 0 Å². The first kappa shape index (κ1) is 25.1. The standard InChI is InChI=1S/C25H5F6N5/c1-35-19(10-34)11-3-4-13(14(5-11)12-6-17(26)16(9-33)18(27)7-12)15(8-32)20-21(28)23(30)25(36-2)24(31)22(20)29/h3-7H/b15-13+,19-11+. The first-order valence-corrected chi connectivity index (χ1v) is 9.34. The van der Waals surface area contributed by atoms with Gasteiger partial charge in [-0.05, 0) is 28.5 Å². The first-order chi connectivity index (χ1) is 17.1. The number of halogens is 6. The Hall–Kier alpha value is -5.57. The monoisotopic (exact) mass is 489 g/mol. The van der Waals surface area contributed by atoms with Crippen LogP contribution in [0.3, 0.4) is 0 Å². The Labute approximate surface area is 198 Å². The third kappa shape index (κ3) is 3.97. The van der Waals surface area contributed by atoms with Crippen LogP contribution in [0.2, 0.25) is 0 Å². The van der Waals surface area contributed by atoms with Gasteiger partial charge >= 0.3 is 0 Å². The van der Waals surface area contributed by atoms with E-state index in [0.29, 0.717) is 12.1 Å².